The van der Waals surface area contributed by atoms with Gasteiger partial charge in [0.05, 0.1) is 0 Å². The van der Waals surface area contributed by atoms with Gasteiger partial charge in [0.1, 0.15) is 0 Å². The molecule has 2 N–H and O–H groups in total. The van der Waals surface area contributed by atoms with Gasteiger partial charge in [-0.25, -0.2) is 0 Å². The molecule has 90 valence electrons. The Morgan fingerprint density at radius 2 is 1.71 bits per heavy atom. The van der Waals surface area contributed by atoms with Crippen LogP contribution in [0.4, 0.5) is 0 Å². The third-order valence-electron chi connectivity index (χ3n) is 2.67. The number of aromatic hydroxyl groups is 2. The Balaban J connectivity index is 2.27. The number of hydrogen-bond donors (Lipinski definition) is 2. The first-order valence-electron chi connectivity index (χ1n) is 5.79. The van der Waals surface area contributed by atoms with Crippen LogP contribution in [0, 0.1) is 0 Å². The van der Waals surface area contributed by atoms with Gasteiger partial charge in [-0.3, -0.25) is 0 Å². The number of fused-ring (bicyclic) bond motifs is 1. The summed E-state index contributed by atoms with van der Waals surface area (Å²) in [5, 5.41) is 20.8. The molecule has 0 saturated heterocycles. The molecule has 0 atom stereocenters. The Morgan fingerprint density at radius 1 is 1.00 bits per heavy atom. The fraction of sp³-hybridized carbons (Fsp3) is 0.286. The van der Waals surface area contributed by atoms with E-state index < -0.39 is 0 Å². The fourth-order valence-electron chi connectivity index (χ4n) is 1.68. The minimum atomic E-state index is -0.0658. The van der Waals surface area contributed by atoms with Crippen molar-refractivity contribution in [3.63, 3.8) is 0 Å². The van der Waals surface area contributed by atoms with E-state index in [2.05, 4.69) is 19.1 Å². The molecule has 2 aromatic carbocycles. The molecule has 2 aromatic rings. The third-order valence-corrected chi connectivity index (χ3v) is 3.75. The van der Waals surface area contributed by atoms with Gasteiger partial charge in [-0.2, -0.15) is 0 Å². The van der Waals surface area contributed by atoms with E-state index in [9.17, 15) is 10.2 Å². The minimum Gasteiger partial charge on any atom is -0.504 e. The normalized spacial score (nSPS) is 10.9. The van der Waals surface area contributed by atoms with Crippen molar-refractivity contribution in [3.8, 4) is 11.5 Å². The molecule has 0 aliphatic rings. The SMILES string of the molecule is CCCCSc1ccc2cc(O)c(O)cc2c1. The number of benzene rings is 2. The van der Waals surface area contributed by atoms with Crippen molar-refractivity contribution in [1.82, 2.24) is 0 Å². The smallest absolute Gasteiger partial charge is 0.158 e. The summed E-state index contributed by atoms with van der Waals surface area (Å²) in [6.45, 7) is 2.18. The highest BCUT2D eigenvalue weighted by atomic mass is 32.2. The maximum absolute atomic E-state index is 9.47. The first-order valence-corrected chi connectivity index (χ1v) is 6.78. The Bertz CT molecular complexity index is 523. The van der Waals surface area contributed by atoms with E-state index >= 15 is 0 Å². The van der Waals surface area contributed by atoms with Crippen molar-refractivity contribution in [1.29, 1.82) is 0 Å². The first kappa shape index (κ1) is 12.1. The van der Waals surface area contributed by atoms with Crippen LogP contribution in [-0.2, 0) is 0 Å². The second kappa shape index (κ2) is 5.32. The van der Waals surface area contributed by atoms with Crippen LogP contribution in [0.15, 0.2) is 35.2 Å². The average Bonchev–Trinajstić information content (AvgIpc) is 2.31. The van der Waals surface area contributed by atoms with Gasteiger partial charge < -0.3 is 10.2 Å². The molecule has 0 spiro atoms. The van der Waals surface area contributed by atoms with E-state index in [1.165, 1.54) is 17.7 Å². The summed E-state index contributed by atoms with van der Waals surface area (Å²) < 4.78 is 0. The van der Waals surface area contributed by atoms with Gasteiger partial charge in [0.25, 0.3) is 0 Å². The second-order valence-corrected chi connectivity index (χ2v) is 5.22. The predicted octanol–water partition coefficient (Wildman–Crippen LogP) is 4.14. The van der Waals surface area contributed by atoms with Gasteiger partial charge in [-0.1, -0.05) is 19.4 Å². The topological polar surface area (TPSA) is 40.5 Å². The highest BCUT2D eigenvalue weighted by Crippen LogP contribution is 2.32. The Kier molecular flexibility index (Phi) is 3.79. The van der Waals surface area contributed by atoms with E-state index in [1.807, 2.05) is 17.8 Å². The molecule has 3 heteroatoms. The summed E-state index contributed by atoms with van der Waals surface area (Å²) in [5.41, 5.74) is 0. The van der Waals surface area contributed by atoms with Crippen molar-refractivity contribution in [2.75, 3.05) is 5.75 Å². The van der Waals surface area contributed by atoms with E-state index in [1.54, 1.807) is 12.1 Å². The van der Waals surface area contributed by atoms with Crippen LogP contribution in [0.5, 0.6) is 11.5 Å². The number of unbranched alkanes of at least 4 members (excludes halogenated alkanes) is 1. The summed E-state index contributed by atoms with van der Waals surface area (Å²) in [6.07, 6.45) is 2.42. The molecule has 0 heterocycles. The van der Waals surface area contributed by atoms with E-state index in [0.717, 1.165) is 16.5 Å². The van der Waals surface area contributed by atoms with Gasteiger partial charge >= 0.3 is 0 Å². The second-order valence-electron chi connectivity index (χ2n) is 4.05. The van der Waals surface area contributed by atoms with Crippen molar-refractivity contribution >= 4 is 22.5 Å². The Hall–Kier alpha value is -1.35. The summed E-state index contributed by atoms with van der Waals surface area (Å²) in [4.78, 5) is 1.20. The number of hydrogen-bond acceptors (Lipinski definition) is 3. The fourth-order valence-corrected chi connectivity index (χ4v) is 2.72. The monoisotopic (exact) mass is 248 g/mol. The Labute approximate surface area is 105 Å². The molecule has 0 amide bonds. The average molecular weight is 248 g/mol. The van der Waals surface area contributed by atoms with Crippen molar-refractivity contribution in [2.45, 2.75) is 24.7 Å². The van der Waals surface area contributed by atoms with Gasteiger partial charge in [0.2, 0.25) is 0 Å². The largest absolute Gasteiger partial charge is 0.504 e. The van der Waals surface area contributed by atoms with Gasteiger partial charge in [-0.05, 0) is 47.2 Å². The molecule has 0 radical (unpaired) electrons. The summed E-state index contributed by atoms with van der Waals surface area (Å²) in [7, 11) is 0. The molecule has 0 aliphatic carbocycles. The van der Waals surface area contributed by atoms with Crippen LogP contribution in [-0.4, -0.2) is 16.0 Å². The Morgan fingerprint density at radius 3 is 2.41 bits per heavy atom. The quantitative estimate of drug-likeness (QED) is 0.485. The minimum absolute atomic E-state index is 0.0618. The maximum Gasteiger partial charge on any atom is 0.158 e. The van der Waals surface area contributed by atoms with Crippen LogP contribution >= 0.6 is 11.8 Å². The molecule has 0 aromatic heterocycles. The van der Waals surface area contributed by atoms with E-state index in [0.29, 0.717) is 0 Å². The van der Waals surface area contributed by atoms with E-state index in [-0.39, 0.29) is 11.5 Å². The van der Waals surface area contributed by atoms with Crippen LogP contribution in [0.1, 0.15) is 19.8 Å². The lowest BCUT2D eigenvalue weighted by Gasteiger charge is -2.05. The molecule has 0 bridgehead atoms. The lowest BCUT2D eigenvalue weighted by molar-refractivity contribution is 0.405. The zero-order valence-electron chi connectivity index (χ0n) is 9.81. The van der Waals surface area contributed by atoms with Gasteiger partial charge in [0.15, 0.2) is 11.5 Å². The zero-order chi connectivity index (χ0) is 12.3. The van der Waals surface area contributed by atoms with Crippen molar-refractivity contribution < 1.29 is 10.2 Å². The van der Waals surface area contributed by atoms with Crippen LogP contribution in [0.3, 0.4) is 0 Å². The molecule has 17 heavy (non-hydrogen) atoms. The molecule has 0 saturated carbocycles. The van der Waals surface area contributed by atoms with Gasteiger partial charge in [-0.15, -0.1) is 11.8 Å². The molecule has 2 rings (SSSR count). The third kappa shape index (κ3) is 2.86. The molecular formula is C14H16O2S. The molecule has 0 unspecified atom stereocenters. The lowest BCUT2D eigenvalue weighted by Crippen LogP contribution is -1.80. The number of phenols is 2. The zero-order valence-corrected chi connectivity index (χ0v) is 10.6. The van der Waals surface area contributed by atoms with Crippen molar-refractivity contribution in [2.24, 2.45) is 0 Å². The molecular weight excluding hydrogens is 232 g/mol. The maximum atomic E-state index is 9.47. The summed E-state index contributed by atoms with van der Waals surface area (Å²) in [5.74, 6) is 0.989. The van der Waals surface area contributed by atoms with Gasteiger partial charge in [0, 0.05) is 4.90 Å². The summed E-state index contributed by atoms with van der Waals surface area (Å²) >= 11 is 1.83. The molecule has 2 nitrogen and oxygen atoms in total. The van der Waals surface area contributed by atoms with Crippen LogP contribution < -0.4 is 0 Å². The number of rotatable bonds is 4. The number of thioether (sulfide) groups is 1. The molecule has 0 fully saturated rings. The molecule has 0 aliphatic heterocycles. The highest BCUT2D eigenvalue weighted by Gasteiger charge is 2.03. The van der Waals surface area contributed by atoms with Crippen LogP contribution in [0.25, 0.3) is 10.8 Å². The van der Waals surface area contributed by atoms with Crippen LogP contribution in [0.2, 0.25) is 0 Å². The first-order chi connectivity index (χ1) is 8.20. The number of phenolic OH excluding ortho intramolecular Hbond substituents is 2. The summed E-state index contributed by atoms with van der Waals surface area (Å²) in [6, 6.07) is 9.27. The highest BCUT2D eigenvalue weighted by molar-refractivity contribution is 7.99. The standard InChI is InChI=1S/C14H16O2S/c1-2-3-6-17-12-5-4-10-8-13(15)14(16)9-11(10)7-12/h4-5,7-9,15-16H,2-3,6H2,1H3. The predicted molar refractivity (Wildman–Crippen MR) is 72.9 cm³/mol. The van der Waals surface area contributed by atoms with E-state index in [4.69, 9.17) is 0 Å². The lowest BCUT2D eigenvalue weighted by atomic mass is 10.1. The van der Waals surface area contributed by atoms with Crippen molar-refractivity contribution in [3.05, 3.63) is 30.3 Å².